The van der Waals surface area contributed by atoms with Gasteiger partial charge in [-0.25, -0.2) is 24.7 Å². The summed E-state index contributed by atoms with van der Waals surface area (Å²) in [6, 6.07) is 32.7. The van der Waals surface area contributed by atoms with Crippen molar-refractivity contribution in [2.24, 2.45) is 20.0 Å². The first-order chi connectivity index (χ1) is 39.7. The van der Waals surface area contributed by atoms with Crippen LogP contribution in [-0.2, 0) is 25.5 Å². The van der Waals surface area contributed by atoms with Gasteiger partial charge in [0.25, 0.3) is 6.34 Å². The van der Waals surface area contributed by atoms with E-state index in [2.05, 4.69) is 102 Å². The number of morpholine rings is 2. The van der Waals surface area contributed by atoms with Gasteiger partial charge < -0.3 is 54.3 Å². The fourth-order valence-corrected chi connectivity index (χ4v) is 10.4. The summed E-state index contributed by atoms with van der Waals surface area (Å²) in [5.41, 5.74) is 13.5. The van der Waals surface area contributed by atoms with Crippen LogP contribution in [0.4, 0.5) is 17.1 Å². The molecule has 4 saturated heterocycles. The fourth-order valence-electron chi connectivity index (χ4n) is 10.4. The molecule has 0 unspecified atom stereocenters. The minimum Gasteiger partial charge on any atom is -0.489 e. The number of carboxylic acid groups (broad SMARTS) is 1. The van der Waals surface area contributed by atoms with Gasteiger partial charge in [-0.15, -0.1) is 0 Å². The van der Waals surface area contributed by atoms with Crippen LogP contribution >= 0.6 is 0 Å². The Bertz CT molecular complexity index is 3340. The maximum absolute atomic E-state index is 11.7. The van der Waals surface area contributed by atoms with E-state index in [1.54, 1.807) is 23.4 Å². The highest BCUT2D eigenvalue weighted by atomic mass is 16.5. The normalized spacial score (nSPS) is 17.8. The van der Waals surface area contributed by atoms with E-state index in [9.17, 15) is 15.3 Å². The van der Waals surface area contributed by atoms with E-state index in [0.717, 1.165) is 135 Å². The molecular formula is C60H61N12O9+. The standard InChI is InChI=1S/C30H30N6O4.C28H27N6O2.C2H4O3/c31-17-22-15-21(3-6-27(22)40-24-7-9-36(10-8-24)28(38)18-37)29-30-26(32-19-33-29)16-25(34-30)20-1-4-23(5-2-20)35-11-13-39-14-12-35;29-17-21-15-20(3-6-26(21)36-23-7-9-30-10-8-23)27-28-25(31-18-32-27)16-24(33-28)19-1-4-22(5-2-19)34-11-13-35-14-12-34;3-1-2(4)5/h1-6,15,19,24,37H,7-14,16,18H2;1-6,15,23,30H,7-14,16H2;3H,1H2,(H,4,5)/q;+1;. The Kier molecular flexibility index (Phi) is 18.1. The van der Waals surface area contributed by atoms with Crippen molar-refractivity contribution >= 4 is 52.4 Å². The lowest BCUT2D eigenvalue weighted by molar-refractivity contribution is -0.140. The molecule has 5 aromatic rings. The molecule has 414 valence electrons. The van der Waals surface area contributed by atoms with Gasteiger partial charge in [0.15, 0.2) is 5.70 Å². The molecule has 0 spiro atoms. The maximum atomic E-state index is 11.7. The number of carboxylic acids is 1. The summed E-state index contributed by atoms with van der Waals surface area (Å²) >= 11 is 0. The SMILES string of the molecule is N#Cc1cc(-c2ncnc3c2N=C(c2ccc(N4CCOCC4)cc2)C3)ccc1OC1CCN(C(=O)CO)CC1.N#Cc1cc(C2=N[C+]=NC3=C2N=C(c2ccc(N4CCOCC4)cc2)C3)ccc1OC1CCNCC1.O=C(O)CO. The van der Waals surface area contributed by atoms with Crippen molar-refractivity contribution in [3.8, 4) is 34.9 Å². The van der Waals surface area contributed by atoms with Crippen molar-refractivity contribution in [2.45, 2.75) is 50.7 Å². The molecule has 0 aliphatic carbocycles. The number of anilines is 2. The topological polar surface area (TPSA) is 276 Å². The number of hydrogen-bond donors (Lipinski definition) is 4. The predicted molar refractivity (Wildman–Crippen MR) is 303 cm³/mol. The van der Waals surface area contributed by atoms with Gasteiger partial charge in [0.1, 0.15) is 61.1 Å². The molecule has 7 aliphatic heterocycles. The van der Waals surface area contributed by atoms with Gasteiger partial charge in [0.05, 0.1) is 72.3 Å². The summed E-state index contributed by atoms with van der Waals surface area (Å²) in [6.07, 6.45) is 8.76. The number of nitrogens with one attached hydrogen (secondary N) is 1. The number of carbonyl (C=O) groups is 2. The van der Waals surface area contributed by atoms with Gasteiger partial charge in [0, 0.05) is 75.5 Å². The summed E-state index contributed by atoms with van der Waals surface area (Å²) in [5, 5.41) is 47.1. The molecule has 12 rings (SSSR count). The Morgan fingerprint density at radius 3 is 1.75 bits per heavy atom. The van der Waals surface area contributed by atoms with Crippen LogP contribution in [0.5, 0.6) is 11.5 Å². The second kappa shape index (κ2) is 26.4. The molecule has 21 nitrogen and oxygen atoms in total. The number of piperidine rings is 2. The third-order valence-corrected chi connectivity index (χ3v) is 14.7. The van der Waals surface area contributed by atoms with Gasteiger partial charge in [-0.1, -0.05) is 24.3 Å². The van der Waals surface area contributed by atoms with E-state index in [1.807, 2.05) is 24.3 Å². The number of rotatable bonds is 12. The van der Waals surface area contributed by atoms with E-state index in [1.165, 1.54) is 11.4 Å². The van der Waals surface area contributed by atoms with Crippen molar-refractivity contribution in [1.29, 1.82) is 10.5 Å². The second-order valence-electron chi connectivity index (χ2n) is 19.9. The minimum absolute atomic E-state index is 0.106. The van der Waals surface area contributed by atoms with E-state index in [4.69, 9.17) is 49.0 Å². The van der Waals surface area contributed by atoms with Gasteiger partial charge >= 0.3 is 5.97 Å². The molecule has 4 N–H and O–H groups in total. The zero-order chi connectivity index (χ0) is 56.1. The monoisotopic (exact) mass is 1090 g/mol. The molecular weight excluding hydrogens is 1030 g/mol. The fraction of sp³-hybridized carbons (Fsp3) is 0.367. The summed E-state index contributed by atoms with van der Waals surface area (Å²) in [7, 11) is 0. The highest BCUT2D eigenvalue weighted by Gasteiger charge is 2.35. The number of ether oxygens (including phenoxy) is 4. The molecule has 1 amide bonds. The molecule has 7 aliphatic rings. The largest absolute Gasteiger partial charge is 0.489 e. The van der Waals surface area contributed by atoms with Crippen LogP contribution in [0, 0.1) is 22.7 Å². The molecule has 0 bridgehead atoms. The van der Waals surface area contributed by atoms with Crippen LogP contribution in [0.1, 0.15) is 65.6 Å². The van der Waals surface area contributed by atoms with Crippen LogP contribution in [0.3, 0.4) is 0 Å². The highest BCUT2D eigenvalue weighted by molar-refractivity contribution is 6.21. The van der Waals surface area contributed by atoms with Crippen LogP contribution in [0.2, 0.25) is 0 Å². The Labute approximate surface area is 468 Å². The van der Waals surface area contributed by atoms with E-state index < -0.39 is 19.2 Å². The number of carbonyl (C=O) groups excluding carboxylic acids is 1. The number of likely N-dealkylation sites (tertiary alicyclic amines) is 1. The van der Waals surface area contributed by atoms with Gasteiger partial charge in [-0.3, -0.25) is 4.79 Å². The third-order valence-electron chi connectivity index (χ3n) is 14.7. The molecule has 1 aromatic heterocycles. The van der Waals surface area contributed by atoms with Crippen LogP contribution in [-0.4, -0.2) is 170 Å². The summed E-state index contributed by atoms with van der Waals surface area (Å²) in [6.45, 7) is 8.28. The van der Waals surface area contributed by atoms with Crippen LogP contribution in [0.25, 0.3) is 11.3 Å². The minimum atomic E-state index is -1.19. The first-order valence-corrected chi connectivity index (χ1v) is 27.1. The number of nitriles is 2. The average molecular weight is 1090 g/mol. The number of benzene rings is 4. The molecule has 0 radical (unpaired) electrons. The molecule has 0 atom stereocenters. The summed E-state index contributed by atoms with van der Waals surface area (Å²) < 4.78 is 23.2. The Morgan fingerprint density at radius 2 is 1.20 bits per heavy atom. The lowest BCUT2D eigenvalue weighted by Crippen LogP contribution is -2.42. The number of aromatic nitrogens is 2. The highest BCUT2D eigenvalue weighted by Crippen LogP contribution is 2.38. The Morgan fingerprint density at radius 1 is 0.667 bits per heavy atom. The van der Waals surface area contributed by atoms with Crippen LogP contribution < -0.4 is 24.6 Å². The first kappa shape index (κ1) is 55.5. The van der Waals surface area contributed by atoms with Crippen molar-refractivity contribution in [2.75, 3.05) is 102 Å². The molecule has 4 fully saturated rings. The lowest BCUT2D eigenvalue weighted by Gasteiger charge is -2.32. The molecule has 0 saturated carbocycles. The quantitative estimate of drug-likeness (QED) is 0.116. The Balaban J connectivity index is 0.000000169. The number of aliphatic hydroxyl groups is 2. The number of fused-ring (bicyclic) bond motifs is 1. The number of nitrogens with zero attached hydrogens (tertiary/aromatic N) is 11. The van der Waals surface area contributed by atoms with Crippen molar-refractivity contribution in [3.63, 3.8) is 0 Å². The first-order valence-electron chi connectivity index (χ1n) is 27.1. The van der Waals surface area contributed by atoms with E-state index >= 15 is 0 Å². The smallest absolute Gasteiger partial charge is 0.329 e. The van der Waals surface area contributed by atoms with E-state index in [0.29, 0.717) is 72.8 Å². The molecule has 21 heteroatoms. The van der Waals surface area contributed by atoms with Gasteiger partial charge in [-0.2, -0.15) is 10.5 Å². The number of hydrogen-bond acceptors (Lipinski definition) is 19. The number of aliphatic carboxylic acids is 1. The van der Waals surface area contributed by atoms with Crippen molar-refractivity contribution in [1.82, 2.24) is 20.2 Å². The number of aliphatic imine (C=N–C) groups is 4. The third kappa shape index (κ3) is 13.5. The lowest BCUT2D eigenvalue weighted by atomic mass is 10.0. The second-order valence-corrected chi connectivity index (χ2v) is 19.9. The zero-order valence-corrected chi connectivity index (χ0v) is 44.7. The van der Waals surface area contributed by atoms with Crippen LogP contribution in [0.15, 0.2) is 123 Å². The van der Waals surface area contributed by atoms with Crippen molar-refractivity contribution < 1.29 is 43.9 Å². The molecule has 4 aromatic carbocycles. The molecule has 8 heterocycles. The maximum Gasteiger partial charge on any atom is 0.329 e. The van der Waals surface area contributed by atoms with Gasteiger partial charge in [-0.05, 0) is 108 Å². The summed E-state index contributed by atoms with van der Waals surface area (Å²) in [5.74, 6) is -0.334. The average Bonchev–Trinajstić information content (AvgIpc) is 4.24. The predicted octanol–water partition coefficient (Wildman–Crippen LogP) is 5.29. The van der Waals surface area contributed by atoms with Gasteiger partial charge in [0.2, 0.25) is 17.3 Å². The zero-order valence-electron chi connectivity index (χ0n) is 44.7. The number of aliphatic hydroxyl groups excluding tert-OH is 2. The van der Waals surface area contributed by atoms with Crippen molar-refractivity contribution in [3.05, 3.63) is 136 Å². The molecule has 81 heavy (non-hydrogen) atoms. The number of allylic oxidation sites excluding steroid dienone is 2. The van der Waals surface area contributed by atoms with E-state index in [-0.39, 0.29) is 18.1 Å². The summed E-state index contributed by atoms with van der Waals surface area (Å²) in [4.78, 5) is 54.8. The Hall–Kier alpha value is -8.79. The number of amides is 1.